The van der Waals surface area contributed by atoms with E-state index in [1.807, 2.05) is 0 Å². The van der Waals surface area contributed by atoms with Crippen LogP contribution in [-0.2, 0) is 0 Å². The molecule has 0 fully saturated rings. The summed E-state index contributed by atoms with van der Waals surface area (Å²) >= 11 is 0. The van der Waals surface area contributed by atoms with Crippen LogP contribution in [0.25, 0.3) is 11.4 Å². The Labute approximate surface area is 88.5 Å². The zero-order chi connectivity index (χ0) is 10.7. The molecule has 0 aliphatic rings. The van der Waals surface area contributed by atoms with Gasteiger partial charge in [-0.15, -0.1) is 0 Å². The molecule has 15 heavy (non-hydrogen) atoms. The summed E-state index contributed by atoms with van der Waals surface area (Å²) in [6.45, 7) is 4.13. The lowest BCUT2D eigenvalue weighted by Gasteiger charge is -2.03. The molecule has 2 aromatic heterocycles. The molecule has 0 atom stereocenters. The van der Waals surface area contributed by atoms with Crippen molar-refractivity contribution in [2.45, 2.75) is 19.8 Å². The van der Waals surface area contributed by atoms with E-state index in [4.69, 9.17) is 0 Å². The Bertz CT molecular complexity index is 422. The van der Waals surface area contributed by atoms with Crippen LogP contribution in [0.3, 0.4) is 0 Å². The lowest BCUT2D eigenvalue weighted by Crippen LogP contribution is -1.97. The van der Waals surface area contributed by atoms with Gasteiger partial charge < -0.3 is 0 Å². The zero-order valence-corrected chi connectivity index (χ0v) is 8.75. The molecule has 2 rings (SSSR count). The second-order valence-electron chi connectivity index (χ2n) is 3.56. The Morgan fingerprint density at radius 2 is 1.53 bits per heavy atom. The van der Waals surface area contributed by atoms with Gasteiger partial charge in [-0.3, -0.25) is 0 Å². The van der Waals surface area contributed by atoms with Gasteiger partial charge in [0.15, 0.2) is 5.82 Å². The van der Waals surface area contributed by atoms with Crippen LogP contribution in [0.4, 0.5) is 0 Å². The van der Waals surface area contributed by atoms with E-state index in [0.29, 0.717) is 11.7 Å². The van der Waals surface area contributed by atoms with Gasteiger partial charge in [0.05, 0.1) is 5.56 Å². The third-order valence-electron chi connectivity index (χ3n) is 2.01. The number of rotatable bonds is 2. The van der Waals surface area contributed by atoms with Gasteiger partial charge in [-0.2, -0.15) is 0 Å². The van der Waals surface area contributed by atoms with Gasteiger partial charge in [-0.05, 0) is 6.07 Å². The minimum absolute atomic E-state index is 0.343. The molecule has 0 aromatic carbocycles. The van der Waals surface area contributed by atoms with Crippen molar-refractivity contribution in [2.75, 3.05) is 0 Å². The molecule has 2 aromatic rings. The van der Waals surface area contributed by atoms with E-state index in [2.05, 4.69) is 33.8 Å². The summed E-state index contributed by atoms with van der Waals surface area (Å²) in [6.07, 6.45) is 6.94. The van der Waals surface area contributed by atoms with Crippen molar-refractivity contribution >= 4 is 0 Å². The molecule has 76 valence electrons. The van der Waals surface area contributed by atoms with Gasteiger partial charge in [0.2, 0.25) is 0 Å². The highest BCUT2D eigenvalue weighted by Gasteiger charge is 2.04. The summed E-state index contributed by atoms with van der Waals surface area (Å²) in [5.41, 5.74) is 0.847. The zero-order valence-electron chi connectivity index (χ0n) is 8.75. The molecule has 0 bridgehead atoms. The van der Waals surface area contributed by atoms with Gasteiger partial charge in [0.1, 0.15) is 5.82 Å². The summed E-state index contributed by atoms with van der Waals surface area (Å²) in [5, 5.41) is 0. The average molecular weight is 200 g/mol. The molecule has 0 unspecified atom stereocenters. The Morgan fingerprint density at radius 1 is 0.933 bits per heavy atom. The predicted octanol–water partition coefficient (Wildman–Crippen LogP) is 2.06. The fraction of sp³-hybridized carbons (Fsp3) is 0.273. The first-order valence-electron chi connectivity index (χ1n) is 4.86. The largest absolute Gasteiger partial charge is 0.240 e. The van der Waals surface area contributed by atoms with E-state index in [1.165, 1.54) is 0 Å². The van der Waals surface area contributed by atoms with Crippen molar-refractivity contribution in [3.8, 4) is 11.4 Å². The molecule has 0 aliphatic heterocycles. The van der Waals surface area contributed by atoms with Crippen molar-refractivity contribution in [3.63, 3.8) is 0 Å². The first-order valence-corrected chi connectivity index (χ1v) is 4.86. The van der Waals surface area contributed by atoms with Crippen LogP contribution in [-0.4, -0.2) is 19.9 Å². The first-order chi connectivity index (χ1) is 7.27. The molecule has 0 saturated carbocycles. The van der Waals surface area contributed by atoms with Crippen LogP contribution in [0.2, 0.25) is 0 Å². The summed E-state index contributed by atoms with van der Waals surface area (Å²) in [7, 11) is 0. The van der Waals surface area contributed by atoms with Gasteiger partial charge in [0, 0.05) is 30.7 Å². The standard InChI is InChI=1S/C11H12N4/c1-8(2)10-14-6-9(7-15-10)11-12-4-3-5-13-11/h3-8H,1-2H3. The van der Waals surface area contributed by atoms with Crippen molar-refractivity contribution in [1.29, 1.82) is 0 Å². The highest BCUT2D eigenvalue weighted by Crippen LogP contribution is 2.13. The Balaban J connectivity index is 2.32. The minimum atomic E-state index is 0.343. The number of aromatic nitrogens is 4. The summed E-state index contributed by atoms with van der Waals surface area (Å²) in [6, 6.07) is 1.78. The van der Waals surface area contributed by atoms with Gasteiger partial charge in [0.25, 0.3) is 0 Å². The van der Waals surface area contributed by atoms with Crippen molar-refractivity contribution in [3.05, 3.63) is 36.7 Å². The first kappa shape index (κ1) is 9.71. The van der Waals surface area contributed by atoms with E-state index in [1.54, 1.807) is 30.9 Å². The van der Waals surface area contributed by atoms with Crippen LogP contribution in [0.5, 0.6) is 0 Å². The fourth-order valence-electron chi connectivity index (χ4n) is 1.20. The SMILES string of the molecule is CC(C)c1ncc(-c2ncccn2)cn1. The van der Waals surface area contributed by atoms with Crippen molar-refractivity contribution < 1.29 is 0 Å². The Hall–Kier alpha value is -1.84. The predicted molar refractivity (Wildman–Crippen MR) is 57.1 cm³/mol. The van der Waals surface area contributed by atoms with E-state index in [9.17, 15) is 0 Å². The summed E-state index contributed by atoms with van der Waals surface area (Å²) in [4.78, 5) is 16.8. The molecule has 4 heteroatoms. The van der Waals surface area contributed by atoms with E-state index in [-0.39, 0.29) is 0 Å². The Morgan fingerprint density at radius 3 is 2.07 bits per heavy atom. The highest BCUT2D eigenvalue weighted by atomic mass is 14.9. The third kappa shape index (κ3) is 2.15. The molecule has 0 N–H and O–H groups in total. The monoisotopic (exact) mass is 200 g/mol. The molecule has 0 aliphatic carbocycles. The molecule has 0 saturated heterocycles. The van der Waals surface area contributed by atoms with Crippen LogP contribution < -0.4 is 0 Å². The molecule has 0 spiro atoms. The van der Waals surface area contributed by atoms with Gasteiger partial charge in [-0.25, -0.2) is 19.9 Å². The third-order valence-corrected chi connectivity index (χ3v) is 2.01. The Kier molecular flexibility index (Phi) is 2.67. The molecule has 2 heterocycles. The normalized spacial score (nSPS) is 10.6. The smallest absolute Gasteiger partial charge is 0.162 e. The molecule has 0 amide bonds. The number of hydrogen-bond acceptors (Lipinski definition) is 4. The second-order valence-corrected chi connectivity index (χ2v) is 3.56. The van der Waals surface area contributed by atoms with Gasteiger partial charge in [-0.1, -0.05) is 13.8 Å². The maximum absolute atomic E-state index is 4.26. The molecular formula is C11H12N4. The van der Waals surface area contributed by atoms with Gasteiger partial charge >= 0.3 is 0 Å². The maximum Gasteiger partial charge on any atom is 0.162 e. The van der Waals surface area contributed by atoms with Crippen LogP contribution >= 0.6 is 0 Å². The van der Waals surface area contributed by atoms with Crippen LogP contribution in [0, 0.1) is 0 Å². The molecule has 0 radical (unpaired) electrons. The lowest BCUT2D eigenvalue weighted by atomic mass is 10.2. The molecule has 4 nitrogen and oxygen atoms in total. The van der Waals surface area contributed by atoms with Crippen molar-refractivity contribution in [1.82, 2.24) is 19.9 Å². The van der Waals surface area contributed by atoms with E-state index >= 15 is 0 Å². The van der Waals surface area contributed by atoms with Crippen LogP contribution in [0.15, 0.2) is 30.9 Å². The van der Waals surface area contributed by atoms with Crippen molar-refractivity contribution in [2.24, 2.45) is 0 Å². The highest BCUT2D eigenvalue weighted by molar-refractivity contribution is 5.50. The number of nitrogens with zero attached hydrogens (tertiary/aromatic N) is 4. The van der Waals surface area contributed by atoms with E-state index < -0.39 is 0 Å². The fourth-order valence-corrected chi connectivity index (χ4v) is 1.20. The summed E-state index contributed by atoms with van der Waals surface area (Å²) < 4.78 is 0. The quantitative estimate of drug-likeness (QED) is 0.744. The average Bonchev–Trinajstić information content (AvgIpc) is 2.30. The maximum atomic E-state index is 4.26. The minimum Gasteiger partial charge on any atom is -0.240 e. The summed E-state index contributed by atoms with van der Waals surface area (Å²) in [5.74, 6) is 1.85. The van der Waals surface area contributed by atoms with Crippen LogP contribution in [0.1, 0.15) is 25.6 Å². The van der Waals surface area contributed by atoms with E-state index in [0.717, 1.165) is 11.4 Å². The lowest BCUT2D eigenvalue weighted by molar-refractivity contribution is 0.774. The topological polar surface area (TPSA) is 51.6 Å². The second kappa shape index (κ2) is 4.13. The number of hydrogen-bond donors (Lipinski definition) is 0. The molecular weight excluding hydrogens is 188 g/mol.